The van der Waals surface area contributed by atoms with Crippen LogP contribution in [0.3, 0.4) is 0 Å². The van der Waals surface area contributed by atoms with Gasteiger partial charge in [-0.3, -0.25) is 4.79 Å². The molecule has 1 aromatic heterocycles. The predicted molar refractivity (Wildman–Crippen MR) is 92.5 cm³/mol. The van der Waals surface area contributed by atoms with Crippen molar-refractivity contribution in [1.29, 1.82) is 0 Å². The van der Waals surface area contributed by atoms with Crippen molar-refractivity contribution in [2.45, 2.75) is 70.7 Å². The second kappa shape index (κ2) is 8.23. The van der Waals surface area contributed by atoms with Crippen LogP contribution in [0.25, 0.3) is 0 Å². The summed E-state index contributed by atoms with van der Waals surface area (Å²) < 4.78 is 1.45. The highest BCUT2D eigenvalue weighted by Gasteiger charge is 2.19. The first-order valence-electron chi connectivity index (χ1n) is 7.72. The Kier molecular flexibility index (Phi) is 7.28. The summed E-state index contributed by atoms with van der Waals surface area (Å²) in [7, 11) is 0. The first kappa shape index (κ1) is 18.6. The Labute approximate surface area is 137 Å². The minimum atomic E-state index is -0.350. The van der Waals surface area contributed by atoms with Gasteiger partial charge in [0.05, 0.1) is 16.6 Å². The van der Waals surface area contributed by atoms with Gasteiger partial charge in [0, 0.05) is 5.75 Å². The molecule has 0 amide bonds. The largest absolute Gasteiger partial charge is 0.287 e. The van der Waals surface area contributed by atoms with Crippen LogP contribution in [0, 0.1) is 5.92 Å². The summed E-state index contributed by atoms with van der Waals surface area (Å²) in [4.78, 5) is 13.1. The molecule has 0 saturated carbocycles. The molecule has 0 aromatic carbocycles. The quantitative estimate of drug-likeness (QED) is 0.663. The topological polar surface area (TPSA) is 34.9 Å². The van der Waals surface area contributed by atoms with Crippen molar-refractivity contribution in [3.8, 4) is 0 Å². The van der Waals surface area contributed by atoms with Gasteiger partial charge in [-0.2, -0.15) is 5.10 Å². The maximum absolute atomic E-state index is 12.3. The first-order chi connectivity index (χ1) is 9.81. The molecule has 3 nitrogen and oxygen atoms in total. The van der Waals surface area contributed by atoms with Crippen molar-refractivity contribution >= 4 is 23.4 Å². The molecule has 1 unspecified atom stereocenters. The number of hydrogen-bond donors (Lipinski definition) is 0. The van der Waals surface area contributed by atoms with Crippen LogP contribution in [0.2, 0.25) is 5.02 Å². The zero-order valence-corrected chi connectivity index (χ0v) is 15.4. The highest BCUT2D eigenvalue weighted by atomic mass is 35.5. The van der Waals surface area contributed by atoms with Gasteiger partial charge in [0.25, 0.3) is 5.56 Å². The minimum absolute atomic E-state index is 0.198. The van der Waals surface area contributed by atoms with E-state index in [9.17, 15) is 4.79 Å². The molecule has 21 heavy (non-hydrogen) atoms. The summed E-state index contributed by atoms with van der Waals surface area (Å²) in [6.45, 7) is 10.3. The van der Waals surface area contributed by atoms with Crippen molar-refractivity contribution in [2.24, 2.45) is 5.92 Å². The number of rotatable bonds is 7. The van der Waals surface area contributed by atoms with Gasteiger partial charge < -0.3 is 0 Å². The molecule has 0 aliphatic heterocycles. The summed E-state index contributed by atoms with van der Waals surface area (Å²) in [5.41, 5.74) is -0.549. The first-order valence-corrected chi connectivity index (χ1v) is 9.08. The van der Waals surface area contributed by atoms with Crippen LogP contribution in [-0.2, 0) is 5.54 Å². The number of hydrogen-bond acceptors (Lipinski definition) is 3. The summed E-state index contributed by atoms with van der Waals surface area (Å²) in [5.74, 6) is 1.67. The van der Waals surface area contributed by atoms with E-state index in [1.807, 2.05) is 20.8 Å². The molecule has 120 valence electrons. The SMILES string of the molecule is CCCCC(CC)CSc1cnn(C(C)(C)C)c(=O)c1Cl. The molecule has 0 aliphatic carbocycles. The molecule has 5 heteroatoms. The molecule has 0 fully saturated rings. The van der Waals surface area contributed by atoms with Crippen LogP contribution in [0.15, 0.2) is 15.9 Å². The molecule has 0 spiro atoms. The van der Waals surface area contributed by atoms with Gasteiger partial charge in [0.1, 0.15) is 5.02 Å². The van der Waals surface area contributed by atoms with Crippen LogP contribution in [0.1, 0.15) is 60.3 Å². The second-order valence-electron chi connectivity index (χ2n) is 6.44. The van der Waals surface area contributed by atoms with Crippen molar-refractivity contribution in [3.05, 3.63) is 21.6 Å². The van der Waals surface area contributed by atoms with E-state index in [-0.39, 0.29) is 11.1 Å². The highest BCUT2D eigenvalue weighted by Crippen LogP contribution is 2.28. The normalized spacial score (nSPS) is 13.4. The molecule has 0 aliphatic rings. The van der Waals surface area contributed by atoms with E-state index < -0.39 is 0 Å². The lowest BCUT2D eigenvalue weighted by Gasteiger charge is -2.21. The Bertz CT molecular complexity index is 508. The fourth-order valence-corrected chi connectivity index (χ4v) is 3.55. The minimum Gasteiger partial charge on any atom is -0.266 e. The van der Waals surface area contributed by atoms with Gasteiger partial charge in [-0.05, 0) is 33.1 Å². The van der Waals surface area contributed by atoms with E-state index in [2.05, 4.69) is 18.9 Å². The fraction of sp³-hybridized carbons (Fsp3) is 0.750. The van der Waals surface area contributed by atoms with Crippen LogP contribution in [-0.4, -0.2) is 15.5 Å². The Hall–Kier alpha value is -0.480. The van der Waals surface area contributed by atoms with Gasteiger partial charge in [0.2, 0.25) is 0 Å². The number of thioether (sulfide) groups is 1. The molecule has 1 aromatic rings. The second-order valence-corrected chi connectivity index (χ2v) is 7.88. The van der Waals surface area contributed by atoms with E-state index >= 15 is 0 Å². The van der Waals surface area contributed by atoms with Crippen molar-refractivity contribution in [2.75, 3.05) is 5.75 Å². The van der Waals surface area contributed by atoms with Crippen molar-refractivity contribution in [3.63, 3.8) is 0 Å². The van der Waals surface area contributed by atoms with E-state index in [4.69, 9.17) is 11.6 Å². The Balaban J connectivity index is 2.82. The zero-order chi connectivity index (χ0) is 16.0. The van der Waals surface area contributed by atoms with Crippen LogP contribution >= 0.6 is 23.4 Å². The van der Waals surface area contributed by atoms with Crippen molar-refractivity contribution < 1.29 is 0 Å². The highest BCUT2D eigenvalue weighted by molar-refractivity contribution is 7.99. The van der Waals surface area contributed by atoms with E-state index in [0.29, 0.717) is 10.9 Å². The van der Waals surface area contributed by atoms with Crippen molar-refractivity contribution in [1.82, 2.24) is 9.78 Å². The molecular weight excluding hydrogens is 304 g/mol. The number of nitrogens with zero attached hydrogens (tertiary/aromatic N) is 2. The Morgan fingerprint density at radius 1 is 1.38 bits per heavy atom. The molecule has 1 rings (SSSR count). The molecule has 0 N–H and O–H groups in total. The molecule has 1 atom stereocenters. The van der Waals surface area contributed by atoms with Crippen LogP contribution < -0.4 is 5.56 Å². The number of unbranched alkanes of at least 4 members (excludes halogenated alkanes) is 1. The summed E-state index contributed by atoms with van der Waals surface area (Å²) in [5, 5.41) is 4.58. The molecule has 1 heterocycles. The van der Waals surface area contributed by atoms with E-state index in [1.54, 1.807) is 18.0 Å². The number of aromatic nitrogens is 2. The van der Waals surface area contributed by atoms with E-state index in [1.165, 1.54) is 23.9 Å². The third-order valence-corrected chi connectivity index (χ3v) is 5.28. The maximum atomic E-state index is 12.3. The Morgan fingerprint density at radius 3 is 2.57 bits per heavy atom. The zero-order valence-electron chi connectivity index (χ0n) is 13.8. The molecule has 0 saturated heterocycles. The van der Waals surface area contributed by atoms with Gasteiger partial charge in [-0.1, -0.05) is 44.7 Å². The third-order valence-electron chi connectivity index (χ3n) is 3.54. The molecule has 0 radical (unpaired) electrons. The van der Waals surface area contributed by atoms with Crippen LogP contribution in [0.5, 0.6) is 0 Å². The number of halogens is 1. The lowest BCUT2D eigenvalue weighted by Crippen LogP contribution is -2.36. The monoisotopic (exact) mass is 330 g/mol. The lowest BCUT2D eigenvalue weighted by atomic mass is 10.0. The summed E-state index contributed by atoms with van der Waals surface area (Å²) in [6, 6.07) is 0. The Morgan fingerprint density at radius 2 is 2.05 bits per heavy atom. The average Bonchev–Trinajstić information content (AvgIpc) is 2.42. The van der Waals surface area contributed by atoms with Gasteiger partial charge in [-0.25, -0.2) is 4.68 Å². The molecular formula is C16H27ClN2OS. The molecule has 0 bridgehead atoms. The van der Waals surface area contributed by atoms with Gasteiger partial charge >= 0.3 is 0 Å². The van der Waals surface area contributed by atoms with Crippen LogP contribution in [0.4, 0.5) is 0 Å². The smallest absolute Gasteiger partial charge is 0.266 e. The summed E-state index contributed by atoms with van der Waals surface area (Å²) in [6.07, 6.45) is 6.62. The summed E-state index contributed by atoms with van der Waals surface area (Å²) >= 11 is 7.90. The third kappa shape index (κ3) is 5.33. The van der Waals surface area contributed by atoms with Gasteiger partial charge in [-0.15, -0.1) is 11.8 Å². The van der Waals surface area contributed by atoms with Gasteiger partial charge in [0.15, 0.2) is 0 Å². The average molecular weight is 331 g/mol. The fourth-order valence-electron chi connectivity index (χ4n) is 2.10. The maximum Gasteiger partial charge on any atom is 0.287 e. The lowest BCUT2D eigenvalue weighted by molar-refractivity contribution is 0.336. The predicted octanol–water partition coefficient (Wildman–Crippen LogP) is 4.96. The van der Waals surface area contributed by atoms with E-state index in [0.717, 1.165) is 17.1 Å². The standard InChI is InChI=1S/C16H27ClN2OS/c1-6-8-9-12(7-2)11-21-13-10-18-19(16(3,4)5)15(20)14(13)17/h10,12H,6-9,11H2,1-5H3.